The van der Waals surface area contributed by atoms with E-state index in [9.17, 15) is 0 Å². The van der Waals surface area contributed by atoms with Gasteiger partial charge in [0.2, 0.25) is 0 Å². The molecular weight excluding hydrogens is 434 g/mol. The van der Waals surface area contributed by atoms with Crippen LogP contribution in [0, 0.1) is 0 Å². The molecule has 36 heavy (non-hydrogen) atoms. The first kappa shape index (κ1) is 30.6. The highest BCUT2D eigenvalue weighted by atomic mass is 14.7. The molecule has 0 unspecified atom stereocenters. The molecule has 1 nitrogen and oxygen atoms in total. The number of hydrogen-bond acceptors (Lipinski definition) is 1. The zero-order valence-corrected chi connectivity index (χ0v) is 24.3. The Morgan fingerprint density at radius 3 is 1.58 bits per heavy atom. The molecule has 0 saturated carbocycles. The third-order valence-corrected chi connectivity index (χ3v) is 7.65. The van der Waals surface area contributed by atoms with E-state index in [1.54, 1.807) is 11.1 Å². The minimum atomic E-state index is -0.103. The van der Waals surface area contributed by atoms with Crippen LogP contribution in [0.3, 0.4) is 0 Å². The molecule has 0 fully saturated rings. The molecule has 0 saturated heterocycles. The van der Waals surface area contributed by atoms with Gasteiger partial charge in [-0.3, -0.25) is 0 Å². The smallest absolute Gasteiger partial charge is 0.0100 e. The summed E-state index contributed by atoms with van der Waals surface area (Å²) in [6, 6.07) is 16.8. The highest BCUT2D eigenvalue weighted by Crippen LogP contribution is 2.21. The van der Waals surface area contributed by atoms with Gasteiger partial charge in [0.1, 0.15) is 0 Å². The number of rotatable bonds is 20. The molecular formula is C35H57N. The molecule has 0 heterocycles. The number of nitrogens with two attached hydrogens (primary N) is 1. The van der Waals surface area contributed by atoms with Crippen molar-refractivity contribution in [3.8, 4) is 0 Å². The van der Waals surface area contributed by atoms with Gasteiger partial charge in [-0.25, -0.2) is 0 Å². The first-order valence-corrected chi connectivity index (χ1v) is 15.4. The van der Waals surface area contributed by atoms with Crippen LogP contribution < -0.4 is 5.73 Å². The van der Waals surface area contributed by atoms with Gasteiger partial charge in [-0.2, -0.15) is 0 Å². The second-order valence-corrected chi connectivity index (χ2v) is 11.9. The Morgan fingerprint density at radius 1 is 0.500 bits per heavy atom. The number of aryl methyl sites for hydroxylation is 5. The Labute approximate surface area is 224 Å². The molecule has 0 bridgehead atoms. The molecule has 2 aromatic carbocycles. The molecule has 2 rings (SSSR count). The number of hydrogen-bond donors (Lipinski definition) is 1. The van der Waals surface area contributed by atoms with Gasteiger partial charge in [-0.1, -0.05) is 121 Å². The van der Waals surface area contributed by atoms with Gasteiger partial charge in [-0.05, 0) is 93.0 Å². The first-order chi connectivity index (χ1) is 17.4. The van der Waals surface area contributed by atoms with Crippen molar-refractivity contribution in [2.45, 2.75) is 149 Å². The molecule has 0 atom stereocenters. The van der Waals surface area contributed by atoms with Gasteiger partial charge in [0.15, 0.2) is 0 Å². The van der Waals surface area contributed by atoms with Crippen molar-refractivity contribution in [1.29, 1.82) is 0 Å². The molecule has 1 heteroatoms. The van der Waals surface area contributed by atoms with Gasteiger partial charge >= 0.3 is 0 Å². The maximum atomic E-state index is 6.27. The molecule has 0 aliphatic rings. The summed E-state index contributed by atoms with van der Waals surface area (Å²) < 4.78 is 0. The fourth-order valence-electron chi connectivity index (χ4n) is 5.13. The third-order valence-electron chi connectivity index (χ3n) is 7.65. The lowest BCUT2D eigenvalue weighted by Crippen LogP contribution is -2.32. The Hall–Kier alpha value is -1.60. The Kier molecular flexibility index (Phi) is 15.1. The van der Waals surface area contributed by atoms with E-state index in [2.05, 4.69) is 70.2 Å². The zero-order chi connectivity index (χ0) is 26.1. The summed E-state index contributed by atoms with van der Waals surface area (Å²) in [5.41, 5.74) is 13.7. The van der Waals surface area contributed by atoms with Crippen LogP contribution in [0.5, 0.6) is 0 Å². The standard InChI is InChI=1S/C35H57N/c1-5-7-9-11-13-15-17-30-19-21-31(22-20-30)23-26-34-29-32(27-28-35(3,4)36)24-25-33(34)18-16-14-12-10-8-6-2/h19-22,24-25,29H,5-18,23,26-28,36H2,1-4H3. The molecule has 0 aliphatic carbocycles. The molecule has 2 N–H and O–H groups in total. The van der Waals surface area contributed by atoms with Crippen molar-refractivity contribution in [3.63, 3.8) is 0 Å². The predicted octanol–water partition coefficient (Wildman–Crippen LogP) is 9.95. The third kappa shape index (κ3) is 13.6. The Morgan fingerprint density at radius 2 is 1.00 bits per heavy atom. The molecule has 202 valence electrons. The topological polar surface area (TPSA) is 26.0 Å². The van der Waals surface area contributed by atoms with Crippen molar-refractivity contribution in [3.05, 3.63) is 70.3 Å². The van der Waals surface area contributed by atoms with E-state index in [0.717, 1.165) is 25.7 Å². The zero-order valence-electron chi connectivity index (χ0n) is 24.3. The van der Waals surface area contributed by atoms with Crippen LogP contribution in [-0.2, 0) is 32.1 Å². The normalized spacial score (nSPS) is 11.8. The summed E-state index contributed by atoms with van der Waals surface area (Å²) in [5, 5.41) is 0. The van der Waals surface area contributed by atoms with Gasteiger partial charge < -0.3 is 5.73 Å². The minimum Gasteiger partial charge on any atom is -0.326 e. The van der Waals surface area contributed by atoms with Crippen LogP contribution in [0.15, 0.2) is 42.5 Å². The van der Waals surface area contributed by atoms with Crippen LogP contribution in [-0.4, -0.2) is 5.54 Å². The predicted molar refractivity (Wildman–Crippen MR) is 161 cm³/mol. The van der Waals surface area contributed by atoms with E-state index in [-0.39, 0.29) is 5.54 Å². The van der Waals surface area contributed by atoms with Crippen molar-refractivity contribution >= 4 is 0 Å². The fraction of sp³-hybridized carbons (Fsp3) is 0.657. The average Bonchev–Trinajstić information content (AvgIpc) is 2.86. The van der Waals surface area contributed by atoms with Crippen LogP contribution in [0.4, 0.5) is 0 Å². The quantitative estimate of drug-likeness (QED) is 0.183. The molecule has 0 amide bonds. The molecule has 0 aromatic heterocycles. The number of unbranched alkanes of at least 4 members (excludes halogenated alkanes) is 10. The van der Waals surface area contributed by atoms with E-state index in [1.165, 1.54) is 107 Å². The van der Waals surface area contributed by atoms with Crippen molar-refractivity contribution in [2.75, 3.05) is 0 Å². The van der Waals surface area contributed by atoms with Gasteiger partial charge in [0, 0.05) is 5.54 Å². The fourth-order valence-corrected chi connectivity index (χ4v) is 5.13. The van der Waals surface area contributed by atoms with E-state index < -0.39 is 0 Å². The maximum absolute atomic E-state index is 6.27. The molecule has 2 aromatic rings. The Bertz CT molecular complexity index is 812. The van der Waals surface area contributed by atoms with Crippen molar-refractivity contribution in [2.24, 2.45) is 5.73 Å². The SMILES string of the molecule is CCCCCCCCc1ccc(CCc2cc(CCC(C)(C)N)ccc2CCCCCCCC)cc1. The second kappa shape index (κ2) is 17.8. The summed E-state index contributed by atoms with van der Waals surface area (Å²) in [6.45, 7) is 8.86. The summed E-state index contributed by atoms with van der Waals surface area (Å²) in [7, 11) is 0. The highest BCUT2D eigenvalue weighted by Gasteiger charge is 2.12. The van der Waals surface area contributed by atoms with Crippen LogP contribution in [0.1, 0.15) is 139 Å². The summed E-state index contributed by atoms with van der Waals surface area (Å²) in [6.07, 6.45) is 23.2. The van der Waals surface area contributed by atoms with E-state index >= 15 is 0 Å². The summed E-state index contributed by atoms with van der Waals surface area (Å²) >= 11 is 0. The van der Waals surface area contributed by atoms with E-state index in [1.807, 2.05) is 0 Å². The maximum Gasteiger partial charge on any atom is 0.0100 e. The second-order valence-electron chi connectivity index (χ2n) is 11.9. The largest absolute Gasteiger partial charge is 0.326 e. The summed E-state index contributed by atoms with van der Waals surface area (Å²) in [4.78, 5) is 0. The first-order valence-electron chi connectivity index (χ1n) is 15.4. The van der Waals surface area contributed by atoms with E-state index in [4.69, 9.17) is 5.73 Å². The number of benzene rings is 2. The van der Waals surface area contributed by atoms with Crippen molar-refractivity contribution < 1.29 is 0 Å². The molecule has 0 radical (unpaired) electrons. The van der Waals surface area contributed by atoms with Crippen LogP contribution >= 0.6 is 0 Å². The average molecular weight is 492 g/mol. The van der Waals surface area contributed by atoms with Gasteiger partial charge in [-0.15, -0.1) is 0 Å². The van der Waals surface area contributed by atoms with E-state index in [0.29, 0.717) is 0 Å². The highest BCUT2D eigenvalue weighted by molar-refractivity contribution is 5.34. The van der Waals surface area contributed by atoms with Crippen LogP contribution in [0.2, 0.25) is 0 Å². The lowest BCUT2D eigenvalue weighted by atomic mass is 9.91. The van der Waals surface area contributed by atoms with Crippen molar-refractivity contribution in [1.82, 2.24) is 0 Å². The monoisotopic (exact) mass is 491 g/mol. The van der Waals surface area contributed by atoms with Crippen LogP contribution in [0.25, 0.3) is 0 Å². The lowest BCUT2D eigenvalue weighted by Gasteiger charge is -2.19. The summed E-state index contributed by atoms with van der Waals surface area (Å²) in [5.74, 6) is 0. The Balaban J connectivity index is 1.91. The minimum absolute atomic E-state index is 0.103. The lowest BCUT2D eigenvalue weighted by molar-refractivity contribution is 0.477. The molecule has 0 spiro atoms. The molecule has 0 aliphatic heterocycles. The van der Waals surface area contributed by atoms with Gasteiger partial charge in [0.05, 0.1) is 0 Å². The van der Waals surface area contributed by atoms with Gasteiger partial charge in [0.25, 0.3) is 0 Å².